The molecule has 1 amide bonds. The molecule has 2 rings (SSSR count). The Kier molecular flexibility index (Phi) is 4.92. The summed E-state index contributed by atoms with van der Waals surface area (Å²) in [6.07, 6.45) is 0.264. The van der Waals surface area contributed by atoms with Crippen molar-refractivity contribution in [1.29, 1.82) is 0 Å². The van der Waals surface area contributed by atoms with Crippen LogP contribution in [0.4, 0.5) is 0 Å². The predicted molar refractivity (Wildman–Crippen MR) is 85.3 cm³/mol. The number of likely N-dealkylation sites (N-methyl/N-ethyl adjacent to an activating group) is 1. The molecule has 1 atom stereocenters. The highest BCUT2D eigenvalue weighted by molar-refractivity contribution is 7.11. The Hall–Kier alpha value is -2.21. The molecule has 1 unspecified atom stereocenters. The van der Waals surface area contributed by atoms with Gasteiger partial charge in [0, 0.05) is 18.3 Å². The third-order valence-electron chi connectivity index (χ3n) is 3.45. The van der Waals surface area contributed by atoms with Gasteiger partial charge < -0.3 is 10.0 Å². The van der Waals surface area contributed by atoms with E-state index in [9.17, 15) is 14.7 Å². The summed E-state index contributed by atoms with van der Waals surface area (Å²) in [6.45, 7) is 3.64. The van der Waals surface area contributed by atoms with Crippen LogP contribution in [-0.2, 0) is 11.2 Å². The third-order valence-corrected chi connectivity index (χ3v) is 4.34. The van der Waals surface area contributed by atoms with Gasteiger partial charge in [-0.25, -0.2) is 9.78 Å². The quantitative estimate of drug-likeness (QED) is 0.919. The first-order chi connectivity index (χ1) is 10.4. The zero-order valence-electron chi connectivity index (χ0n) is 12.7. The molecule has 0 saturated heterocycles. The number of carboxylic acids is 1. The molecule has 0 saturated carbocycles. The Balaban J connectivity index is 2.23. The Morgan fingerprint density at radius 3 is 2.41 bits per heavy atom. The van der Waals surface area contributed by atoms with E-state index in [1.54, 1.807) is 0 Å². The van der Waals surface area contributed by atoms with Gasteiger partial charge in [0.1, 0.15) is 11.7 Å². The van der Waals surface area contributed by atoms with Gasteiger partial charge in [-0.15, -0.1) is 11.3 Å². The Morgan fingerprint density at radius 1 is 1.27 bits per heavy atom. The van der Waals surface area contributed by atoms with E-state index in [-0.39, 0.29) is 12.3 Å². The summed E-state index contributed by atoms with van der Waals surface area (Å²) in [5.74, 6) is -1.38. The van der Waals surface area contributed by atoms with E-state index in [1.807, 2.05) is 44.2 Å². The van der Waals surface area contributed by atoms with Crippen LogP contribution < -0.4 is 0 Å². The van der Waals surface area contributed by atoms with Crippen molar-refractivity contribution in [2.24, 2.45) is 0 Å². The number of carbonyl (C=O) groups is 2. The van der Waals surface area contributed by atoms with Crippen LogP contribution in [0, 0.1) is 13.8 Å². The lowest BCUT2D eigenvalue weighted by Gasteiger charge is -2.24. The topological polar surface area (TPSA) is 70.5 Å². The summed E-state index contributed by atoms with van der Waals surface area (Å²) in [7, 11) is 1.51. The number of amides is 1. The highest BCUT2D eigenvalue weighted by Gasteiger charge is 2.29. The summed E-state index contributed by atoms with van der Waals surface area (Å²) < 4.78 is 0. The highest BCUT2D eigenvalue weighted by Crippen LogP contribution is 2.19. The van der Waals surface area contributed by atoms with E-state index in [4.69, 9.17) is 0 Å². The fraction of sp³-hybridized carbons (Fsp3) is 0.312. The van der Waals surface area contributed by atoms with Crippen LogP contribution in [-0.4, -0.2) is 40.0 Å². The molecular formula is C16H18N2O3S. The van der Waals surface area contributed by atoms with Gasteiger partial charge in [-0.3, -0.25) is 4.79 Å². The number of rotatable bonds is 5. The van der Waals surface area contributed by atoms with Gasteiger partial charge >= 0.3 is 5.97 Å². The maximum atomic E-state index is 12.5. The third kappa shape index (κ3) is 3.51. The number of aryl methyl sites for hydroxylation is 2. The molecule has 0 aliphatic heterocycles. The van der Waals surface area contributed by atoms with Crippen molar-refractivity contribution in [3.05, 3.63) is 51.5 Å². The van der Waals surface area contributed by atoms with Crippen LogP contribution in [0.2, 0.25) is 0 Å². The molecule has 0 bridgehead atoms. The first-order valence-corrected chi connectivity index (χ1v) is 7.69. The number of hydrogen-bond acceptors (Lipinski definition) is 4. The molecule has 22 heavy (non-hydrogen) atoms. The molecule has 1 aromatic carbocycles. The van der Waals surface area contributed by atoms with Crippen molar-refractivity contribution in [3.8, 4) is 0 Å². The largest absolute Gasteiger partial charge is 0.480 e. The number of benzene rings is 1. The van der Waals surface area contributed by atoms with Crippen molar-refractivity contribution in [2.45, 2.75) is 26.3 Å². The van der Waals surface area contributed by atoms with Gasteiger partial charge in [0.05, 0.1) is 5.01 Å². The van der Waals surface area contributed by atoms with Crippen molar-refractivity contribution in [1.82, 2.24) is 9.88 Å². The monoisotopic (exact) mass is 318 g/mol. The van der Waals surface area contributed by atoms with Gasteiger partial charge in [-0.05, 0) is 19.4 Å². The lowest BCUT2D eigenvalue weighted by Crippen LogP contribution is -2.44. The number of carboxylic acid groups (broad SMARTS) is 1. The van der Waals surface area contributed by atoms with E-state index < -0.39 is 12.0 Å². The fourth-order valence-corrected chi connectivity index (χ4v) is 3.07. The summed E-state index contributed by atoms with van der Waals surface area (Å²) in [5, 5.41) is 10.3. The average molecular weight is 318 g/mol. The van der Waals surface area contributed by atoms with Crippen molar-refractivity contribution in [2.75, 3.05) is 7.05 Å². The molecule has 5 nitrogen and oxygen atoms in total. The second kappa shape index (κ2) is 6.70. The minimum atomic E-state index is -1.02. The van der Waals surface area contributed by atoms with Gasteiger partial charge in [0.25, 0.3) is 5.91 Å². The Labute approximate surface area is 133 Å². The fourth-order valence-electron chi connectivity index (χ4n) is 2.26. The number of thiazole rings is 1. The normalized spacial score (nSPS) is 12.0. The maximum Gasteiger partial charge on any atom is 0.326 e. The van der Waals surface area contributed by atoms with Gasteiger partial charge in [0.2, 0.25) is 0 Å². The molecule has 1 heterocycles. The van der Waals surface area contributed by atoms with Crippen molar-refractivity contribution in [3.63, 3.8) is 0 Å². The van der Waals surface area contributed by atoms with E-state index in [0.717, 1.165) is 15.4 Å². The van der Waals surface area contributed by atoms with Crippen molar-refractivity contribution >= 4 is 23.2 Å². The summed E-state index contributed by atoms with van der Waals surface area (Å²) in [6, 6.07) is 8.36. The number of aliphatic carboxylic acids is 1. The molecule has 6 heteroatoms. The Morgan fingerprint density at radius 2 is 1.91 bits per heavy atom. The molecular weight excluding hydrogens is 300 g/mol. The number of carbonyl (C=O) groups excluding carboxylic acids is 1. The smallest absolute Gasteiger partial charge is 0.326 e. The number of hydrogen-bond donors (Lipinski definition) is 1. The molecule has 0 spiro atoms. The van der Waals surface area contributed by atoms with Crippen LogP contribution in [0.25, 0.3) is 0 Å². The highest BCUT2D eigenvalue weighted by atomic mass is 32.1. The maximum absolute atomic E-state index is 12.5. The van der Waals surface area contributed by atoms with Crippen LogP contribution in [0.15, 0.2) is 30.3 Å². The van der Waals surface area contributed by atoms with Gasteiger partial charge in [-0.1, -0.05) is 30.3 Å². The van der Waals surface area contributed by atoms with E-state index in [1.165, 1.54) is 23.3 Å². The second-order valence-corrected chi connectivity index (χ2v) is 6.50. The van der Waals surface area contributed by atoms with Crippen LogP contribution in [0.5, 0.6) is 0 Å². The number of aromatic nitrogens is 1. The van der Waals surface area contributed by atoms with Crippen molar-refractivity contribution < 1.29 is 14.7 Å². The molecule has 0 radical (unpaired) electrons. The second-order valence-electron chi connectivity index (χ2n) is 5.10. The minimum Gasteiger partial charge on any atom is -0.480 e. The van der Waals surface area contributed by atoms with Crippen LogP contribution in [0.1, 0.15) is 25.9 Å². The van der Waals surface area contributed by atoms with Gasteiger partial charge in [0.15, 0.2) is 0 Å². The number of nitrogens with zero attached hydrogens (tertiary/aromatic N) is 2. The molecule has 0 fully saturated rings. The first kappa shape index (κ1) is 16.2. The molecule has 1 N–H and O–H groups in total. The zero-order chi connectivity index (χ0) is 16.3. The average Bonchev–Trinajstić information content (AvgIpc) is 2.82. The summed E-state index contributed by atoms with van der Waals surface area (Å²) in [4.78, 5) is 30.4. The SMILES string of the molecule is Cc1nc(C(=O)N(C)C(Cc2ccccc2)C(=O)O)c(C)s1. The van der Waals surface area contributed by atoms with E-state index >= 15 is 0 Å². The van der Waals surface area contributed by atoms with Crippen LogP contribution >= 0.6 is 11.3 Å². The lowest BCUT2D eigenvalue weighted by molar-refractivity contribution is -0.141. The standard InChI is InChI=1S/C16H18N2O3S/c1-10-14(17-11(2)22-10)15(19)18(3)13(16(20)21)9-12-7-5-4-6-8-12/h4-8,13H,9H2,1-3H3,(H,20,21). The predicted octanol–water partition coefficient (Wildman–Crippen LogP) is 2.53. The molecule has 1 aromatic heterocycles. The molecule has 2 aromatic rings. The first-order valence-electron chi connectivity index (χ1n) is 6.88. The summed E-state index contributed by atoms with van der Waals surface area (Å²) >= 11 is 1.43. The molecule has 0 aliphatic rings. The van der Waals surface area contributed by atoms with Gasteiger partial charge in [-0.2, -0.15) is 0 Å². The minimum absolute atomic E-state index is 0.264. The van der Waals surface area contributed by atoms with E-state index in [2.05, 4.69) is 4.98 Å². The van der Waals surface area contributed by atoms with Crippen LogP contribution in [0.3, 0.4) is 0 Å². The Bertz CT molecular complexity index is 682. The van der Waals surface area contributed by atoms with E-state index in [0.29, 0.717) is 5.69 Å². The molecule has 116 valence electrons. The lowest BCUT2D eigenvalue weighted by atomic mass is 10.0. The zero-order valence-corrected chi connectivity index (χ0v) is 13.6. The summed E-state index contributed by atoms with van der Waals surface area (Å²) in [5.41, 5.74) is 1.21. The molecule has 0 aliphatic carbocycles.